The fourth-order valence-electron chi connectivity index (χ4n) is 2.74. The van der Waals surface area contributed by atoms with Gasteiger partial charge in [0.25, 0.3) is 11.8 Å². The second kappa shape index (κ2) is 11.8. The Balaban J connectivity index is 1.80. The van der Waals surface area contributed by atoms with Crippen molar-refractivity contribution in [2.75, 3.05) is 34.5 Å². The number of hydrogen-bond donors (Lipinski definition) is 2. The molecule has 2 aromatic rings. The monoisotopic (exact) mass is 484 g/mol. The van der Waals surface area contributed by atoms with Gasteiger partial charge in [0, 0.05) is 23.7 Å². The van der Waals surface area contributed by atoms with Crippen molar-refractivity contribution < 1.29 is 46.5 Å². The van der Waals surface area contributed by atoms with E-state index in [-0.39, 0.29) is 12.1 Å². The van der Waals surface area contributed by atoms with Crippen LogP contribution >= 0.6 is 0 Å². The Labute approximate surface area is 193 Å². The zero-order valence-corrected chi connectivity index (χ0v) is 18.6. The third-order valence-corrected chi connectivity index (χ3v) is 4.49. The molecule has 0 aromatic heterocycles. The second-order valence-electron chi connectivity index (χ2n) is 6.71. The number of halogens is 3. The largest absolute Gasteiger partial charge is 0.496 e. The summed E-state index contributed by atoms with van der Waals surface area (Å²) in [5.74, 6) is -0.959. The molecule has 34 heavy (non-hydrogen) atoms. The van der Waals surface area contributed by atoms with Gasteiger partial charge < -0.3 is 29.6 Å². The lowest BCUT2D eigenvalue weighted by Gasteiger charge is -2.14. The van der Waals surface area contributed by atoms with Crippen molar-refractivity contribution in [1.82, 2.24) is 10.6 Å². The van der Waals surface area contributed by atoms with Crippen molar-refractivity contribution >= 4 is 17.8 Å². The summed E-state index contributed by atoms with van der Waals surface area (Å²) in [7, 11) is 4.38. The number of benzene rings is 2. The third kappa shape index (κ3) is 7.29. The van der Waals surface area contributed by atoms with Crippen LogP contribution in [0, 0.1) is 0 Å². The first-order valence-electron chi connectivity index (χ1n) is 9.75. The summed E-state index contributed by atoms with van der Waals surface area (Å²) in [6, 6.07) is 6.70. The van der Waals surface area contributed by atoms with Crippen LogP contribution in [0.5, 0.6) is 17.2 Å². The number of ether oxygens (including phenoxy) is 4. The van der Waals surface area contributed by atoms with E-state index in [2.05, 4.69) is 10.6 Å². The Morgan fingerprint density at radius 1 is 0.853 bits per heavy atom. The Hall–Kier alpha value is -3.96. The lowest BCUT2D eigenvalue weighted by molar-refractivity contribution is -0.147. The first kappa shape index (κ1) is 26.3. The summed E-state index contributed by atoms with van der Waals surface area (Å²) in [5, 5.41) is 4.76. The van der Waals surface area contributed by atoms with E-state index >= 15 is 0 Å². The Morgan fingerprint density at radius 2 is 1.44 bits per heavy atom. The van der Waals surface area contributed by atoms with E-state index in [4.69, 9.17) is 18.9 Å². The molecule has 0 saturated carbocycles. The number of amides is 2. The molecule has 0 spiro atoms. The van der Waals surface area contributed by atoms with Gasteiger partial charge in [-0.25, -0.2) is 0 Å². The number of carbonyl (C=O) groups excluding carboxylic acids is 3. The van der Waals surface area contributed by atoms with Crippen LogP contribution < -0.4 is 24.8 Å². The smallest absolute Gasteiger partial charge is 0.416 e. The standard InChI is InChI=1S/C22H23F3N2O7/c1-31-16-9-18(33-3)17(32-2)8-14(16)10-26-19(28)12-34-20(29)11-27-21(30)13-4-6-15(7-5-13)22(23,24)25/h4-9H,10-12H2,1-3H3,(H,26,28)(H,27,30). The maximum absolute atomic E-state index is 12.6. The minimum absolute atomic E-state index is 0.0462. The van der Waals surface area contributed by atoms with Crippen molar-refractivity contribution in [2.24, 2.45) is 0 Å². The third-order valence-electron chi connectivity index (χ3n) is 4.49. The molecule has 184 valence electrons. The Morgan fingerprint density at radius 3 is 2.00 bits per heavy atom. The van der Waals surface area contributed by atoms with Crippen molar-refractivity contribution in [2.45, 2.75) is 12.7 Å². The molecule has 0 saturated heterocycles. The van der Waals surface area contributed by atoms with Crippen LogP contribution in [0.4, 0.5) is 13.2 Å². The molecule has 0 atom stereocenters. The zero-order chi connectivity index (χ0) is 25.3. The highest BCUT2D eigenvalue weighted by atomic mass is 19.4. The number of methoxy groups -OCH3 is 3. The minimum atomic E-state index is -4.52. The van der Waals surface area contributed by atoms with Gasteiger partial charge >= 0.3 is 12.1 Å². The van der Waals surface area contributed by atoms with Gasteiger partial charge in [0.15, 0.2) is 18.1 Å². The highest BCUT2D eigenvalue weighted by Crippen LogP contribution is 2.34. The van der Waals surface area contributed by atoms with Crippen LogP contribution in [0.3, 0.4) is 0 Å². The van der Waals surface area contributed by atoms with Gasteiger partial charge in [0.2, 0.25) is 0 Å². The summed E-state index contributed by atoms with van der Waals surface area (Å²) in [6.07, 6.45) is -4.52. The molecule has 0 fully saturated rings. The summed E-state index contributed by atoms with van der Waals surface area (Å²) < 4.78 is 58.2. The Kier molecular flexibility index (Phi) is 9.10. The molecule has 0 aliphatic rings. The average molecular weight is 484 g/mol. The lowest BCUT2D eigenvalue weighted by atomic mass is 10.1. The van der Waals surface area contributed by atoms with Gasteiger partial charge in [0.1, 0.15) is 12.3 Å². The zero-order valence-electron chi connectivity index (χ0n) is 18.6. The molecule has 2 rings (SSSR count). The lowest BCUT2D eigenvalue weighted by Crippen LogP contribution is -2.33. The predicted octanol–water partition coefficient (Wildman–Crippen LogP) is 2.32. The van der Waals surface area contributed by atoms with E-state index < -0.39 is 42.7 Å². The van der Waals surface area contributed by atoms with E-state index in [1.165, 1.54) is 21.3 Å². The highest BCUT2D eigenvalue weighted by molar-refractivity contribution is 5.96. The van der Waals surface area contributed by atoms with Gasteiger partial charge in [-0.2, -0.15) is 13.2 Å². The molecular weight excluding hydrogens is 461 g/mol. The van der Waals surface area contributed by atoms with Crippen LogP contribution in [0.15, 0.2) is 36.4 Å². The van der Waals surface area contributed by atoms with Gasteiger partial charge in [-0.1, -0.05) is 0 Å². The molecule has 2 aromatic carbocycles. The number of esters is 1. The number of alkyl halides is 3. The molecule has 0 heterocycles. The first-order chi connectivity index (χ1) is 16.1. The molecule has 0 aliphatic carbocycles. The van der Waals surface area contributed by atoms with Gasteiger partial charge in [-0.15, -0.1) is 0 Å². The topological polar surface area (TPSA) is 112 Å². The van der Waals surface area contributed by atoms with Crippen LogP contribution in [0.2, 0.25) is 0 Å². The van der Waals surface area contributed by atoms with E-state index in [9.17, 15) is 27.6 Å². The van der Waals surface area contributed by atoms with E-state index in [1.54, 1.807) is 12.1 Å². The van der Waals surface area contributed by atoms with Crippen LogP contribution in [0.25, 0.3) is 0 Å². The molecule has 0 radical (unpaired) electrons. The average Bonchev–Trinajstić information content (AvgIpc) is 2.83. The van der Waals surface area contributed by atoms with Crippen molar-refractivity contribution in [3.63, 3.8) is 0 Å². The fraction of sp³-hybridized carbons (Fsp3) is 0.318. The number of nitrogens with one attached hydrogen (secondary N) is 2. The van der Waals surface area contributed by atoms with Crippen LogP contribution in [-0.4, -0.2) is 52.3 Å². The molecule has 0 aliphatic heterocycles. The predicted molar refractivity (Wildman–Crippen MR) is 113 cm³/mol. The maximum Gasteiger partial charge on any atom is 0.416 e. The molecule has 0 bridgehead atoms. The molecule has 2 amide bonds. The van der Waals surface area contributed by atoms with Gasteiger partial charge in [-0.3, -0.25) is 14.4 Å². The second-order valence-corrected chi connectivity index (χ2v) is 6.71. The normalized spacial score (nSPS) is 10.8. The summed E-state index contributed by atoms with van der Waals surface area (Å²) in [6.45, 7) is -1.13. The maximum atomic E-state index is 12.6. The number of rotatable bonds is 10. The SMILES string of the molecule is COc1cc(OC)c(OC)cc1CNC(=O)COC(=O)CNC(=O)c1ccc(C(F)(F)F)cc1. The van der Waals surface area contributed by atoms with Crippen molar-refractivity contribution in [3.8, 4) is 17.2 Å². The van der Waals surface area contributed by atoms with Crippen molar-refractivity contribution in [3.05, 3.63) is 53.1 Å². The van der Waals surface area contributed by atoms with Crippen molar-refractivity contribution in [1.29, 1.82) is 0 Å². The van der Waals surface area contributed by atoms with Crippen LogP contribution in [0.1, 0.15) is 21.5 Å². The summed E-state index contributed by atoms with van der Waals surface area (Å²) in [4.78, 5) is 35.7. The van der Waals surface area contributed by atoms with Gasteiger partial charge in [-0.05, 0) is 30.3 Å². The Bertz CT molecular complexity index is 1020. The summed E-state index contributed by atoms with van der Waals surface area (Å²) in [5.41, 5.74) is -0.383. The van der Waals surface area contributed by atoms with E-state index in [1.807, 2.05) is 0 Å². The summed E-state index contributed by atoms with van der Waals surface area (Å²) >= 11 is 0. The quantitative estimate of drug-likeness (QED) is 0.498. The molecule has 2 N–H and O–H groups in total. The highest BCUT2D eigenvalue weighted by Gasteiger charge is 2.30. The molecule has 12 heteroatoms. The van der Waals surface area contributed by atoms with E-state index in [0.717, 1.165) is 24.3 Å². The molecule has 0 unspecified atom stereocenters. The molecule has 9 nitrogen and oxygen atoms in total. The number of hydrogen-bond acceptors (Lipinski definition) is 7. The minimum Gasteiger partial charge on any atom is -0.496 e. The number of carbonyl (C=O) groups is 3. The molecular formula is C22H23F3N2O7. The van der Waals surface area contributed by atoms with Crippen LogP contribution in [-0.2, 0) is 27.0 Å². The van der Waals surface area contributed by atoms with Gasteiger partial charge in [0.05, 0.1) is 26.9 Å². The fourth-order valence-corrected chi connectivity index (χ4v) is 2.74. The van der Waals surface area contributed by atoms with E-state index in [0.29, 0.717) is 22.8 Å². The first-order valence-corrected chi connectivity index (χ1v) is 9.75.